The molecular formula is C12H20N4OS. The van der Waals surface area contributed by atoms with Gasteiger partial charge in [-0.05, 0) is 25.8 Å². The quantitative estimate of drug-likeness (QED) is 0.790. The van der Waals surface area contributed by atoms with E-state index in [0.29, 0.717) is 23.5 Å². The van der Waals surface area contributed by atoms with Gasteiger partial charge in [0.15, 0.2) is 0 Å². The van der Waals surface area contributed by atoms with Crippen LogP contribution in [-0.2, 0) is 7.05 Å². The Balaban J connectivity index is 2.99. The predicted molar refractivity (Wildman–Crippen MR) is 75.5 cm³/mol. The van der Waals surface area contributed by atoms with Gasteiger partial charge in [0.1, 0.15) is 5.69 Å². The van der Waals surface area contributed by atoms with Gasteiger partial charge in [0.2, 0.25) is 0 Å². The number of rotatable bonds is 5. The zero-order valence-corrected chi connectivity index (χ0v) is 12.1. The van der Waals surface area contributed by atoms with Gasteiger partial charge in [-0.3, -0.25) is 9.48 Å². The van der Waals surface area contributed by atoms with Crippen LogP contribution in [0.1, 0.15) is 42.9 Å². The first-order valence-corrected chi connectivity index (χ1v) is 6.40. The zero-order chi connectivity index (χ0) is 13.9. The van der Waals surface area contributed by atoms with Gasteiger partial charge in [0.25, 0.3) is 5.91 Å². The average Bonchev–Trinajstić information content (AvgIpc) is 2.65. The lowest BCUT2D eigenvalue weighted by Crippen LogP contribution is -2.56. The number of hydrogen-bond donors (Lipinski definition) is 2. The molecule has 1 heterocycles. The molecule has 18 heavy (non-hydrogen) atoms. The number of hydrogen-bond acceptors (Lipinski definition) is 3. The minimum atomic E-state index is -0.620. The average molecular weight is 268 g/mol. The van der Waals surface area contributed by atoms with Crippen molar-refractivity contribution < 1.29 is 4.79 Å². The van der Waals surface area contributed by atoms with E-state index in [9.17, 15) is 4.79 Å². The monoisotopic (exact) mass is 268 g/mol. The molecule has 1 aromatic heterocycles. The summed E-state index contributed by atoms with van der Waals surface area (Å²) in [5.74, 6) is -0.199. The topological polar surface area (TPSA) is 72.9 Å². The van der Waals surface area contributed by atoms with Gasteiger partial charge in [-0.1, -0.05) is 26.1 Å². The summed E-state index contributed by atoms with van der Waals surface area (Å²) >= 11 is 5.07. The Bertz CT molecular complexity index is 463. The van der Waals surface area contributed by atoms with Crippen LogP contribution in [0.2, 0.25) is 0 Å². The Morgan fingerprint density at radius 2 is 2.11 bits per heavy atom. The van der Waals surface area contributed by atoms with Gasteiger partial charge in [-0.15, -0.1) is 0 Å². The molecule has 0 bridgehead atoms. The van der Waals surface area contributed by atoms with Crippen LogP contribution < -0.4 is 11.1 Å². The number of aryl methyl sites for hydroxylation is 2. The molecule has 0 radical (unpaired) electrons. The van der Waals surface area contributed by atoms with E-state index in [0.717, 1.165) is 5.69 Å². The van der Waals surface area contributed by atoms with Crippen LogP contribution in [0.25, 0.3) is 0 Å². The highest BCUT2D eigenvalue weighted by molar-refractivity contribution is 7.80. The molecule has 100 valence electrons. The standard InChI is InChI=1S/C12H20N4OS/c1-5-12(6-2,11(13)18)14-10(17)9-7-8(3)15-16(9)4/h7H,5-6H2,1-4H3,(H2,13,18)(H,14,17). The number of carbonyl (C=O) groups is 1. The van der Waals surface area contributed by atoms with Crippen molar-refractivity contribution in [1.82, 2.24) is 15.1 Å². The Morgan fingerprint density at radius 1 is 1.56 bits per heavy atom. The number of aromatic nitrogens is 2. The molecule has 1 amide bonds. The number of nitrogens with one attached hydrogen (secondary N) is 1. The van der Waals surface area contributed by atoms with E-state index in [1.165, 1.54) is 0 Å². The SMILES string of the molecule is CCC(CC)(NC(=O)c1cc(C)nn1C)C(N)=S. The lowest BCUT2D eigenvalue weighted by Gasteiger charge is -2.31. The van der Waals surface area contributed by atoms with Crippen LogP contribution in [0.4, 0.5) is 0 Å². The number of amides is 1. The Hall–Kier alpha value is -1.43. The van der Waals surface area contributed by atoms with Crippen LogP contribution in [0.3, 0.4) is 0 Å². The van der Waals surface area contributed by atoms with Gasteiger partial charge in [0, 0.05) is 7.05 Å². The molecule has 0 saturated heterocycles. The van der Waals surface area contributed by atoms with E-state index in [-0.39, 0.29) is 5.91 Å². The van der Waals surface area contributed by atoms with Gasteiger partial charge >= 0.3 is 0 Å². The number of thiocarbonyl (C=S) groups is 1. The third-order valence-electron chi connectivity index (χ3n) is 3.27. The number of carbonyl (C=O) groups excluding carboxylic acids is 1. The van der Waals surface area contributed by atoms with Crippen LogP contribution in [0.15, 0.2) is 6.07 Å². The highest BCUT2D eigenvalue weighted by Crippen LogP contribution is 2.17. The molecule has 3 N–H and O–H groups in total. The molecule has 0 spiro atoms. The molecule has 0 aliphatic carbocycles. The highest BCUT2D eigenvalue weighted by Gasteiger charge is 2.32. The van der Waals surface area contributed by atoms with Gasteiger partial charge < -0.3 is 11.1 Å². The van der Waals surface area contributed by atoms with Gasteiger partial charge in [-0.25, -0.2) is 0 Å². The number of nitrogens with two attached hydrogens (primary N) is 1. The van der Waals surface area contributed by atoms with Crippen molar-refractivity contribution >= 4 is 23.1 Å². The van der Waals surface area contributed by atoms with E-state index < -0.39 is 5.54 Å². The van der Waals surface area contributed by atoms with Crippen molar-refractivity contribution in [2.24, 2.45) is 12.8 Å². The minimum absolute atomic E-state index is 0.199. The number of nitrogens with zero attached hydrogens (tertiary/aromatic N) is 2. The normalized spacial score (nSPS) is 11.3. The summed E-state index contributed by atoms with van der Waals surface area (Å²) in [6, 6.07) is 1.74. The Labute approximate surface area is 113 Å². The molecule has 1 aromatic rings. The maximum absolute atomic E-state index is 12.2. The summed E-state index contributed by atoms with van der Waals surface area (Å²) in [7, 11) is 1.74. The van der Waals surface area contributed by atoms with E-state index >= 15 is 0 Å². The second-order valence-electron chi connectivity index (χ2n) is 4.40. The summed E-state index contributed by atoms with van der Waals surface area (Å²) < 4.78 is 1.56. The molecular weight excluding hydrogens is 248 g/mol. The molecule has 6 heteroatoms. The summed E-state index contributed by atoms with van der Waals surface area (Å²) in [4.78, 5) is 12.5. The van der Waals surface area contributed by atoms with Crippen LogP contribution >= 0.6 is 12.2 Å². The fourth-order valence-corrected chi connectivity index (χ4v) is 2.28. The first kappa shape index (κ1) is 14.6. The third-order valence-corrected chi connectivity index (χ3v) is 3.66. The molecule has 0 aliphatic rings. The maximum atomic E-state index is 12.2. The van der Waals surface area contributed by atoms with Crippen LogP contribution in [-0.4, -0.2) is 26.2 Å². The zero-order valence-electron chi connectivity index (χ0n) is 11.3. The summed E-state index contributed by atoms with van der Waals surface area (Å²) in [5, 5.41) is 7.08. The Kier molecular flexibility index (Phi) is 4.45. The fourth-order valence-electron chi connectivity index (χ4n) is 1.94. The fraction of sp³-hybridized carbons (Fsp3) is 0.583. The van der Waals surface area contributed by atoms with Gasteiger partial charge in [0.05, 0.1) is 16.2 Å². The van der Waals surface area contributed by atoms with E-state index in [1.54, 1.807) is 17.8 Å². The summed E-state index contributed by atoms with van der Waals surface area (Å²) in [6.45, 7) is 5.76. The molecule has 0 saturated carbocycles. The highest BCUT2D eigenvalue weighted by atomic mass is 32.1. The van der Waals surface area contributed by atoms with Crippen molar-refractivity contribution in [3.05, 3.63) is 17.5 Å². The first-order chi connectivity index (χ1) is 8.36. The largest absolute Gasteiger partial charge is 0.391 e. The van der Waals surface area contributed by atoms with E-state index in [1.807, 2.05) is 20.8 Å². The van der Waals surface area contributed by atoms with Crippen molar-refractivity contribution in [2.45, 2.75) is 39.2 Å². The molecule has 5 nitrogen and oxygen atoms in total. The maximum Gasteiger partial charge on any atom is 0.270 e. The van der Waals surface area contributed by atoms with Gasteiger partial charge in [-0.2, -0.15) is 5.10 Å². The molecule has 0 atom stereocenters. The molecule has 0 aliphatic heterocycles. The summed E-state index contributed by atoms with van der Waals surface area (Å²) in [5.41, 5.74) is 6.45. The lowest BCUT2D eigenvalue weighted by molar-refractivity contribution is 0.0910. The molecule has 0 unspecified atom stereocenters. The van der Waals surface area contributed by atoms with Crippen molar-refractivity contribution in [3.63, 3.8) is 0 Å². The Morgan fingerprint density at radius 3 is 2.44 bits per heavy atom. The third kappa shape index (κ3) is 2.69. The molecule has 0 aromatic carbocycles. The predicted octanol–water partition coefficient (Wildman–Crippen LogP) is 1.30. The molecule has 0 fully saturated rings. The van der Waals surface area contributed by atoms with Crippen molar-refractivity contribution in [2.75, 3.05) is 0 Å². The van der Waals surface area contributed by atoms with Crippen LogP contribution in [0.5, 0.6) is 0 Å². The second-order valence-corrected chi connectivity index (χ2v) is 4.84. The summed E-state index contributed by atoms with van der Waals surface area (Å²) in [6.07, 6.45) is 1.34. The van der Waals surface area contributed by atoms with E-state index in [4.69, 9.17) is 18.0 Å². The van der Waals surface area contributed by atoms with Crippen molar-refractivity contribution in [1.29, 1.82) is 0 Å². The van der Waals surface area contributed by atoms with Crippen LogP contribution in [0, 0.1) is 6.92 Å². The second kappa shape index (κ2) is 5.48. The smallest absolute Gasteiger partial charge is 0.270 e. The molecule has 1 rings (SSSR count). The lowest BCUT2D eigenvalue weighted by atomic mass is 9.92. The van der Waals surface area contributed by atoms with Crippen molar-refractivity contribution in [3.8, 4) is 0 Å². The van der Waals surface area contributed by atoms with E-state index in [2.05, 4.69) is 10.4 Å². The minimum Gasteiger partial charge on any atom is -0.391 e. The first-order valence-electron chi connectivity index (χ1n) is 5.99.